The van der Waals surface area contributed by atoms with Crippen LogP contribution in [0.2, 0.25) is 0 Å². The Balaban J connectivity index is 4.87. The molecule has 0 aromatic rings. The summed E-state index contributed by atoms with van der Waals surface area (Å²) in [5.41, 5.74) is 5.47. The van der Waals surface area contributed by atoms with Gasteiger partial charge in [0.1, 0.15) is 12.1 Å². The number of aliphatic carboxylic acids is 4. The summed E-state index contributed by atoms with van der Waals surface area (Å²) in [6, 6.07) is -4.75. The van der Waals surface area contributed by atoms with E-state index in [0.29, 0.717) is 0 Å². The normalized spacial score (nSPS) is 13.2. The molecule has 0 spiro atoms. The van der Waals surface area contributed by atoms with Crippen LogP contribution in [0.1, 0.15) is 25.7 Å². The molecule has 0 rings (SSSR count). The maximum atomic E-state index is 12.1. The highest BCUT2D eigenvalue weighted by atomic mass is 16.4. The summed E-state index contributed by atoms with van der Waals surface area (Å²) in [6.07, 6.45) is -2.51. The molecular formula is C15H22N4O11. The minimum Gasteiger partial charge on any atom is -0.481 e. The Labute approximate surface area is 168 Å². The van der Waals surface area contributed by atoms with Gasteiger partial charge in [-0.25, -0.2) is 4.79 Å². The van der Waals surface area contributed by atoms with Crippen molar-refractivity contribution in [1.29, 1.82) is 0 Å². The zero-order valence-electron chi connectivity index (χ0n) is 15.5. The van der Waals surface area contributed by atoms with Crippen LogP contribution in [0.5, 0.6) is 0 Å². The zero-order valence-corrected chi connectivity index (χ0v) is 15.5. The Bertz CT molecular complexity index is 709. The number of hydrogen-bond acceptors (Lipinski definition) is 8. The number of nitrogens with two attached hydrogens (primary N) is 1. The third-order valence-corrected chi connectivity index (χ3v) is 3.45. The van der Waals surface area contributed by atoms with Gasteiger partial charge in [0.25, 0.3) is 0 Å². The Morgan fingerprint density at radius 2 is 1.27 bits per heavy atom. The number of hydrogen-bond donors (Lipinski definition) is 8. The van der Waals surface area contributed by atoms with Gasteiger partial charge in [-0.05, 0) is 6.42 Å². The average Bonchev–Trinajstić information content (AvgIpc) is 2.61. The summed E-state index contributed by atoms with van der Waals surface area (Å²) < 4.78 is 0. The first-order chi connectivity index (χ1) is 13.8. The summed E-state index contributed by atoms with van der Waals surface area (Å²) in [7, 11) is 0. The number of carbonyl (C=O) groups is 7. The molecule has 3 atom stereocenters. The molecule has 0 bridgehead atoms. The summed E-state index contributed by atoms with van der Waals surface area (Å²) in [4.78, 5) is 78.6. The number of rotatable bonds is 14. The molecule has 0 aliphatic heterocycles. The van der Waals surface area contributed by atoms with Crippen LogP contribution in [0, 0.1) is 0 Å². The van der Waals surface area contributed by atoms with E-state index < -0.39 is 85.5 Å². The van der Waals surface area contributed by atoms with Crippen molar-refractivity contribution in [3.05, 3.63) is 0 Å². The van der Waals surface area contributed by atoms with Crippen molar-refractivity contribution in [3.63, 3.8) is 0 Å². The molecule has 3 unspecified atom stereocenters. The highest BCUT2D eigenvalue weighted by Gasteiger charge is 2.27. The molecule has 9 N–H and O–H groups in total. The van der Waals surface area contributed by atoms with Crippen molar-refractivity contribution in [2.75, 3.05) is 6.54 Å². The monoisotopic (exact) mass is 434 g/mol. The number of carboxylic acids is 4. The van der Waals surface area contributed by atoms with Gasteiger partial charge in [0.05, 0.1) is 25.4 Å². The Morgan fingerprint density at radius 1 is 0.733 bits per heavy atom. The molecule has 0 heterocycles. The topological polar surface area (TPSA) is 263 Å². The van der Waals surface area contributed by atoms with Crippen LogP contribution in [-0.2, 0) is 33.6 Å². The first kappa shape index (κ1) is 26.2. The lowest BCUT2D eigenvalue weighted by Crippen LogP contribution is -2.54. The SMILES string of the molecule is NC(CCC(=O)O)C(=O)NC(CC(=O)O)C(=O)NCC(=O)NC(CC(=O)O)C(=O)O. The van der Waals surface area contributed by atoms with Crippen molar-refractivity contribution in [2.24, 2.45) is 5.73 Å². The second-order valence-corrected chi connectivity index (χ2v) is 5.97. The predicted molar refractivity (Wildman–Crippen MR) is 93.9 cm³/mol. The van der Waals surface area contributed by atoms with Crippen molar-refractivity contribution < 1.29 is 54.0 Å². The molecular weight excluding hydrogens is 412 g/mol. The van der Waals surface area contributed by atoms with Gasteiger partial charge in [-0.15, -0.1) is 0 Å². The summed E-state index contributed by atoms with van der Waals surface area (Å²) >= 11 is 0. The molecule has 0 saturated heterocycles. The largest absolute Gasteiger partial charge is 0.481 e. The van der Waals surface area contributed by atoms with E-state index in [1.807, 2.05) is 16.0 Å². The second-order valence-electron chi connectivity index (χ2n) is 5.97. The molecule has 0 aliphatic rings. The molecule has 0 aliphatic carbocycles. The number of carboxylic acid groups (broad SMARTS) is 4. The Kier molecular flexibility index (Phi) is 11.1. The Morgan fingerprint density at radius 3 is 1.73 bits per heavy atom. The Hall–Kier alpha value is -3.75. The molecule has 0 saturated carbocycles. The first-order valence-corrected chi connectivity index (χ1v) is 8.34. The fourth-order valence-electron chi connectivity index (χ4n) is 1.98. The van der Waals surface area contributed by atoms with E-state index in [4.69, 9.17) is 26.2 Å². The minimum atomic E-state index is -1.76. The van der Waals surface area contributed by atoms with E-state index in [0.717, 1.165) is 0 Å². The van der Waals surface area contributed by atoms with Crippen molar-refractivity contribution in [1.82, 2.24) is 16.0 Å². The van der Waals surface area contributed by atoms with E-state index in [-0.39, 0.29) is 6.42 Å². The molecule has 30 heavy (non-hydrogen) atoms. The quantitative estimate of drug-likeness (QED) is 0.131. The van der Waals surface area contributed by atoms with Crippen molar-refractivity contribution >= 4 is 41.6 Å². The first-order valence-electron chi connectivity index (χ1n) is 8.34. The fraction of sp³-hybridized carbons (Fsp3) is 0.533. The summed E-state index contributed by atoms with van der Waals surface area (Å²) in [5.74, 6) is -8.99. The minimum absolute atomic E-state index is 0.273. The molecule has 0 aromatic carbocycles. The van der Waals surface area contributed by atoms with E-state index >= 15 is 0 Å². The predicted octanol–water partition coefficient (Wildman–Crippen LogP) is -3.70. The molecule has 0 aromatic heterocycles. The number of carbonyl (C=O) groups excluding carboxylic acids is 3. The lowest BCUT2D eigenvalue weighted by molar-refractivity contribution is -0.147. The van der Waals surface area contributed by atoms with Gasteiger partial charge in [-0.1, -0.05) is 0 Å². The maximum absolute atomic E-state index is 12.1. The molecule has 0 radical (unpaired) electrons. The van der Waals surface area contributed by atoms with E-state index in [9.17, 15) is 33.6 Å². The van der Waals surface area contributed by atoms with Crippen LogP contribution >= 0.6 is 0 Å². The van der Waals surface area contributed by atoms with Gasteiger partial charge in [-0.2, -0.15) is 0 Å². The van der Waals surface area contributed by atoms with Gasteiger partial charge in [0.2, 0.25) is 17.7 Å². The van der Waals surface area contributed by atoms with E-state index in [2.05, 4.69) is 0 Å². The van der Waals surface area contributed by atoms with Crippen LogP contribution in [0.3, 0.4) is 0 Å². The third kappa shape index (κ3) is 11.2. The van der Waals surface area contributed by atoms with Gasteiger partial charge < -0.3 is 42.1 Å². The van der Waals surface area contributed by atoms with Crippen LogP contribution in [0.15, 0.2) is 0 Å². The summed E-state index contributed by atoms with van der Waals surface area (Å²) in [6.45, 7) is -0.834. The summed E-state index contributed by atoms with van der Waals surface area (Å²) in [5, 5.41) is 40.7. The number of nitrogens with one attached hydrogen (secondary N) is 3. The molecule has 168 valence electrons. The van der Waals surface area contributed by atoms with Gasteiger partial charge in [0, 0.05) is 6.42 Å². The van der Waals surface area contributed by atoms with Crippen LogP contribution in [0.4, 0.5) is 0 Å². The van der Waals surface area contributed by atoms with E-state index in [1.165, 1.54) is 0 Å². The maximum Gasteiger partial charge on any atom is 0.326 e. The van der Waals surface area contributed by atoms with Gasteiger partial charge >= 0.3 is 23.9 Å². The van der Waals surface area contributed by atoms with Crippen LogP contribution in [0.25, 0.3) is 0 Å². The third-order valence-electron chi connectivity index (χ3n) is 3.45. The van der Waals surface area contributed by atoms with Crippen molar-refractivity contribution in [3.8, 4) is 0 Å². The lowest BCUT2D eigenvalue weighted by Gasteiger charge is -2.19. The average molecular weight is 434 g/mol. The number of amides is 3. The highest BCUT2D eigenvalue weighted by Crippen LogP contribution is 1.99. The molecule has 3 amide bonds. The smallest absolute Gasteiger partial charge is 0.326 e. The van der Waals surface area contributed by atoms with Crippen LogP contribution < -0.4 is 21.7 Å². The molecule has 0 fully saturated rings. The van der Waals surface area contributed by atoms with Crippen molar-refractivity contribution in [2.45, 2.75) is 43.8 Å². The zero-order chi connectivity index (χ0) is 23.4. The van der Waals surface area contributed by atoms with Gasteiger partial charge in [0.15, 0.2) is 0 Å². The standard InChI is InChI=1S/C15H22N4O11/c16-6(1-2-10(21)22)13(27)19-7(3-11(23)24)14(28)17-5-9(20)18-8(15(29)30)4-12(25)26/h6-8H,1-5,16H2,(H,17,28)(H,18,20)(H,19,27)(H,21,22)(H,23,24)(H,25,26)(H,29,30). The second kappa shape index (κ2) is 12.7. The molecule has 15 heteroatoms. The lowest BCUT2D eigenvalue weighted by atomic mass is 10.1. The van der Waals surface area contributed by atoms with Gasteiger partial charge in [-0.3, -0.25) is 28.8 Å². The van der Waals surface area contributed by atoms with E-state index in [1.54, 1.807) is 0 Å². The van der Waals surface area contributed by atoms with Crippen LogP contribution in [-0.4, -0.2) is 86.7 Å². The highest BCUT2D eigenvalue weighted by molar-refractivity contribution is 5.94. The fourth-order valence-corrected chi connectivity index (χ4v) is 1.98. The molecule has 15 nitrogen and oxygen atoms in total.